The molecule has 3 N–H and O–H groups in total. The van der Waals surface area contributed by atoms with E-state index in [1.165, 1.54) is 22.8 Å². The fourth-order valence-electron chi connectivity index (χ4n) is 6.24. The molecule has 4 aromatic rings. The molecule has 1 aliphatic rings. The highest BCUT2D eigenvalue weighted by molar-refractivity contribution is 5.91. The van der Waals surface area contributed by atoms with Gasteiger partial charge in [-0.1, -0.05) is 24.8 Å². The van der Waals surface area contributed by atoms with E-state index >= 15 is 8.78 Å². The van der Waals surface area contributed by atoms with Crippen LogP contribution in [0.25, 0.3) is 28.0 Å². The van der Waals surface area contributed by atoms with Crippen molar-refractivity contribution in [3.63, 3.8) is 0 Å². The van der Waals surface area contributed by atoms with Crippen LogP contribution in [0.5, 0.6) is 5.75 Å². The number of carbonyl (C=O) groups excluding carboxylic acids is 2. The Morgan fingerprint density at radius 1 is 1.04 bits per heavy atom. The number of rotatable bonds is 13. The second-order valence-electron chi connectivity index (χ2n) is 12.3. The van der Waals surface area contributed by atoms with E-state index in [1.54, 1.807) is 35.8 Å². The van der Waals surface area contributed by atoms with E-state index in [9.17, 15) is 24.3 Å². The molecule has 0 bridgehead atoms. The van der Waals surface area contributed by atoms with Gasteiger partial charge in [0.25, 0.3) is 0 Å². The number of piperazine rings is 1. The van der Waals surface area contributed by atoms with E-state index in [1.807, 2.05) is 6.92 Å². The van der Waals surface area contributed by atoms with Crippen molar-refractivity contribution in [2.45, 2.75) is 33.4 Å². The third-order valence-corrected chi connectivity index (χ3v) is 8.51. The van der Waals surface area contributed by atoms with Crippen molar-refractivity contribution in [3.05, 3.63) is 87.9 Å². The quantitative estimate of drug-likeness (QED) is 0.137. The van der Waals surface area contributed by atoms with Gasteiger partial charge in [0.2, 0.25) is 11.8 Å². The maximum Gasteiger partial charge on any atom is 0.355 e. The Morgan fingerprint density at radius 2 is 1.73 bits per heavy atom. The van der Waals surface area contributed by atoms with Crippen LogP contribution >= 0.6 is 0 Å². The van der Waals surface area contributed by atoms with Gasteiger partial charge in [0.15, 0.2) is 11.5 Å². The lowest BCUT2D eigenvalue weighted by atomic mass is 10.0. The van der Waals surface area contributed by atoms with E-state index in [0.717, 1.165) is 12.1 Å². The number of aryl methyl sites for hydroxylation is 2. The van der Waals surface area contributed by atoms with Crippen LogP contribution in [0.15, 0.2) is 53.8 Å². The number of carboxylic acids is 1. The van der Waals surface area contributed by atoms with E-state index in [-0.39, 0.29) is 68.3 Å². The molecular formula is C36H38F2N6O8. The van der Waals surface area contributed by atoms with Gasteiger partial charge in [-0.2, -0.15) is 4.98 Å². The van der Waals surface area contributed by atoms with Crippen molar-refractivity contribution in [2.75, 3.05) is 51.0 Å². The van der Waals surface area contributed by atoms with Crippen LogP contribution in [0, 0.1) is 25.5 Å². The minimum Gasteiger partial charge on any atom is -0.507 e. The summed E-state index contributed by atoms with van der Waals surface area (Å²) in [7, 11) is 0. The van der Waals surface area contributed by atoms with Crippen molar-refractivity contribution in [1.82, 2.24) is 24.8 Å². The normalized spacial score (nSPS) is 14.4. The number of benzene rings is 2. The molecule has 2 amide bonds. The van der Waals surface area contributed by atoms with Gasteiger partial charge in [-0.3, -0.25) is 9.59 Å². The number of phenols is 1. The monoisotopic (exact) mass is 720 g/mol. The number of halogens is 2. The molecule has 2 aromatic carbocycles. The molecule has 1 saturated heterocycles. The zero-order valence-electron chi connectivity index (χ0n) is 28.8. The first-order valence-electron chi connectivity index (χ1n) is 16.3. The molecule has 0 saturated carbocycles. The lowest BCUT2D eigenvalue weighted by molar-refractivity contribution is -0.143. The summed E-state index contributed by atoms with van der Waals surface area (Å²) in [4.78, 5) is 61.5. The summed E-state index contributed by atoms with van der Waals surface area (Å²) in [6, 6.07) is 7.82. The third-order valence-electron chi connectivity index (χ3n) is 8.51. The molecule has 16 heteroatoms. The zero-order valence-corrected chi connectivity index (χ0v) is 28.8. The number of pyridine rings is 1. The van der Waals surface area contributed by atoms with Crippen LogP contribution in [0.3, 0.4) is 0 Å². The number of nitrogens with zero attached hydrogens (tertiary/aromatic N) is 5. The Hall–Kier alpha value is -5.74. The standard InChI is InChI=1S/C36H38F2N6O8/c1-5-29(47)42-9-10-43(22(4)17-42)34-24-15-26(38)32(31-25(37)7-6-8-27(31)45)40-35(24)44(36(50)41-34)33-20(2)13-23(14-21(33)3)16-39-28(46)18-51-11-12-52-19-30(48)49/h5-8,13-15,22,45H,1,9-12,16-19H2,2-4H3,(H,39,46)(H,48,49)/t22-/m0/s1. The fraction of sp³-hybridized carbons (Fsp3) is 0.333. The van der Waals surface area contributed by atoms with Gasteiger partial charge >= 0.3 is 11.7 Å². The Labute approximate surface area is 296 Å². The van der Waals surface area contributed by atoms with Gasteiger partial charge in [0.05, 0.1) is 29.9 Å². The first-order chi connectivity index (χ1) is 24.8. The Balaban J connectivity index is 1.53. The summed E-state index contributed by atoms with van der Waals surface area (Å²) >= 11 is 0. The number of anilines is 1. The smallest absolute Gasteiger partial charge is 0.355 e. The number of ether oxygens (including phenoxy) is 2. The topological polar surface area (TPSA) is 176 Å². The van der Waals surface area contributed by atoms with Gasteiger partial charge in [-0.05, 0) is 61.7 Å². The molecule has 0 spiro atoms. The highest BCUT2D eigenvalue weighted by atomic mass is 19.1. The molecule has 0 aliphatic carbocycles. The van der Waals surface area contributed by atoms with Gasteiger partial charge in [-0.25, -0.2) is 27.9 Å². The predicted octanol–water partition coefficient (Wildman–Crippen LogP) is 3.01. The van der Waals surface area contributed by atoms with E-state index in [2.05, 4.69) is 21.9 Å². The van der Waals surface area contributed by atoms with Gasteiger partial charge in [-0.15, -0.1) is 0 Å². The SMILES string of the molecule is C=CC(=O)N1CCN(c2nc(=O)n(-c3c(C)cc(CNC(=O)COCCOCC(=O)O)cc3C)c3nc(-c4c(O)cccc4F)c(F)cc23)[C@@H](C)C1. The Kier molecular flexibility index (Phi) is 11.6. The second-order valence-corrected chi connectivity index (χ2v) is 12.3. The molecule has 52 heavy (non-hydrogen) atoms. The second kappa shape index (κ2) is 16.1. The molecule has 1 atom stereocenters. The van der Waals surface area contributed by atoms with E-state index in [4.69, 9.17) is 14.6 Å². The maximum absolute atomic E-state index is 16.0. The van der Waals surface area contributed by atoms with Crippen molar-refractivity contribution >= 4 is 34.6 Å². The molecule has 1 aliphatic heterocycles. The van der Waals surface area contributed by atoms with Crippen molar-refractivity contribution < 1.29 is 42.9 Å². The van der Waals surface area contributed by atoms with Crippen LogP contribution in [0.1, 0.15) is 23.6 Å². The number of fused-ring (bicyclic) bond motifs is 1. The summed E-state index contributed by atoms with van der Waals surface area (Å²) < 4.78 is 42.3. The summed E-state index contributed by atoms with van der Waals surface area (Å²) in [5, 5.41) is 22.0. The summed E-state index contributed by atoms with van der Waals surface area (Å²) in [6.07, 6.45) is 1.22. The number of carbonyl (C=O) groups is 3. The lowest BCUT2D eigenvalue weighted by Gasteiger charge is -2.40. The van der Waals surface area contributed by atoms with Crippen LogP contribution in [0.2, 0.25) is 0 Å². The average Bonchev–Trinajstić information content (AvgIpc) is 3.09. The summed E-state index contributed by atoms with van der Waals surface area (Å²) in [5.74, 6) is -4.05. The van der Waals surface area contributed by atoms with Gasteiger partial charge in [0.1, 0.15) is 36.3 Å². The van der Waals surface area contributed by atoms with E-state index in [0.29, 0.717) is 28.9 Å². The van der Waals surface area contributed by atoms with Crippen molar-refractivity contribution in [3.8, 4) is 22.7 Å². The van der Waals surface area contributed by atoms with Crippen LogP contribution in [-0.2, 0) is 30.4 Å². The number of aliphatic carboxylic acids is 1. The number of phenolic OH excluding ortho intramolecular Hbond substituents is 1. The predicted molar refractivity (Wildman–Crippen MR) is 186 cm³/mol. The Bertz CT molecular complexity index is 2060. The van der Waals surface area contributed by atoms with Crippen LogP contribution in [0.4, 0.5) is 14.6 Å². The summed E-state index contributed by atoms with van der Waals surface area (Å²) in [6.45, 7) is 9.15. The first kappa shape index (κ1) is 37.5. The van der Waals surface area contributed by atoms with Crippen molar-refractivity contribution in [1.29, 1.82) is 0 Å². The number of carboxylic acid groups (broad SMARTS) is 1. The molecular weight excluding hydrogens is 682 g/mol. The van der Waals surface area contributed by atoms with E-state index < -0.39 is 52.8 Å². The van der Waals surface area contributed by atoms with Gasteiger partial charge in [0, 0.05) is 32.2 Å². The third kappa shape index (κ3) is 8.08. The minimum absolute atomic E-state index is 0.0141. The fourth-order valence-corrected chi connectivity index (χ4v) is 6.24. The summed E-state index contributed by atoms with van der Waals surface area (Å²) in [5.41, 5.74) is 0.470. The molecule has 274 valence electrons. The number of aromatic nitrogens is 3. The molecule has 0 radical (unpaired) electrons. The molecule has 0 unspecified atom stereocenters. The molecule has 14 nitrogen and oxygen atoms in total. The largest absolute Gasteiger partial charge is 0.507 e. The zero-order chi connectivity index (χ0) is 37.7. The van der Waals surface area contributed by atoms with Crippen LogP contribution < -0.4 is 15.9 Å². The number of aromatic hydroxyl groups is 1. The average molecular weight is 721 g/mol. The first-order valence-corrected chi connectivity index (χ1v) is 16.3. The highest BCUT2D eigenvalue weighted by Gasteiger charge is 2.31. The number of amides is 2. The van der Waals surface area contributed by atoms with Crippen molar-refractivity contribution in [2.24, 2.45) is 0 Å². The number of nitrogens with one attached hydrogen (secondary N) is 1. The lowest BCUT2D eigenvalue weighted by Crippen LogP contribution is -2.54. The highest BCUT2D eigenvalue weighted by Crippen LogP contribution is 2.36. The number of hydrogen-bond acceptors (Lipinski definition) is 10. The number of hydrogen-bond donors (Lipinski definition) is 3. The molecule has 5 rings (SSSR count). The molecule has 1 fully saturated rings. The van der Waals surface area contributed by atoms with Gasteiger partial charge < -0.3 is 34.8 Å². The molecule has 3 heterocycles. The molecule has 2 aromatic heterocycles. The van der Waals surface area contributed by atoms with Crippen LogP contribution in [-0.4, -0.2) is 99.5 Å². The maximum atomic E-state index is 16.0. The Morgan fingerprint density at radius 3 is 2.37 bits per heavy atom. The minimum atomic E-state index is -1.11.